The van der Waals surface area contributed by atoms with Crippen LogP contribution in [0.2, 0.25) is 0 Å². The van der Waals surface area contributed by atoms with E-state index in [-0.39, 0.29) is 28.8 Å². The number of hydrogen-bond donors (Lipinski definition) is 0. The smallest absolute Gasteiger partial charge is 0.252 e. The van der Waals surface area contributed by atoms with Gasteiger partial charge in [-0.25, -0.2) is 8.42 Å². The van der Waals surface area contributed by atoms with Gasteiger partial charge in [-0.2, -0.15) is 4.31 Å². The van der Waals surface area contributed by atoms with Crippen LogP contribution in [0, 0.1) is 0 Å². The van der Waals surface area contributed by atoms with E-state index < -0.39 is 10.0 Å². The average Bonchev–Trinajstić information content (AvgIpc) is 3.09. The Morgan fingerprint density at radius 3 is 2.96 bits per heavy atom. The molecule has 2 heterocycles. The van der Waals surface area contributed by atoms with Gasteiger partial charge in [0.1, 0.15) is 4.21 Å². The molecule has 23 heavy (non-hydrogen) atoms. The molecule has 2 fully saturated rings. The standard InChI is InChI=1S/C15H22N2O4S2/c1-16(23(19,20)15-7-4-10-22-15)11-14(18)17-8-9-21-13-6-3-2-5-12(13)17/h4,7,10,12-13H,2-3,5-6,8-9,11H2,1H3. The van der Waals surface area contributed by atoms with E-state index >= 15 is 0 Å². The van der Waals surface area contributed by atoms with Crippen LogP contribution in [0.25, 0.3) is 0 Å². The van der Waals surface area contributed by atoms with Crippen molar-refractivity contribution in [1.29, 1.82) is 0 Å². The summed E-state index contributed by atoms with van der Waals surface area (Å²) in [4.78, 5) is 14.5. The van der Waals surface area contributed by atoms with Crippen LogP contribution in [0.5, 0.6) is 0 Å². The summed E-state index contributed by atoms with van der Waals surface area (Å²) in [5, 5.41) is 1.72. The number of thiophene rings is 1. The summed E-state index contributed by atoms with van der Waals surface area (Å²) in [5.41, 5.74) is 0. The summed E-state index contributed by atoms with van der Waals surface area (Å²) < 4.78 is 32.1. The van der Waals surface area contributed by atoms with Crippen LogP contribution in [0.1, 0.15) is 25.7 Å². The zero-order valence-electron chi connectivity index (χ0n) is 13.2. The Kier molecular flexibility index (Phi) is 5.05. The van der Waals surface area contributed by atoms with E-state index in [4.69, 9.17) is 4.74 Å². The van der Waals surface area contributed by atoms with Crippen molar-refractivity contribution in [2.45, 2.75) is 42.0 Å². The molecule has 1 amide bonds. The predicted molar refractivity (Wildman–Crippen MR) is 87.8 cm³/mol. The third kappa shape index (κ3) is 3.45. The quantitative estimate of drug-likeness (QED) is 0.819. The molecular formula is C15H22N2O4S2. The van der Waals surface area contributed by atoms with Gasteiger partial charge in [0.2, 0.25) is 5.91 Å². The van der Waals surface area contributed by atoms with Crippen LogP contribution in [0.15, 0.2) is 21.7 Å². The van der Waals surface area contributed by atoms with Gasteiger partial charge in [0.15, 0.2) is 0 Å². The first-order chi connectivity index (χ1) is 11.0. The summed E-state index contributed by atoms with van der Waals surface area (Å²) in [6, 6.07) is 3.36. The number of carbonyl (C=O) groups excluding carboxylic acids is 1. The minimum absolute atomic E-state index is 0.0999. The highest BCUT2D eigenvalue weighted by Gasteiger charge is 2.37. The zero-order valence-corrected chi connectivity index (χ0v) is 14.8. The maximum absolute atomic E-state index is 12.6. The van der Waals surface area contributed by atoms with E-state index in [9.17, 15) is 13.2 Å². The maximum Gasteiger partial charge on any atom is 0.252 e. The molecule has 0 aromatic carbocycles. The summed E-state index contributed by atoms with van der Waals surface area (Å²) in [5.74, 6) is -0.132. The summed E-state index contributed by atoms with van der Waals surface area (Å²) in [7, 11) is -2.12. The number of ether oxygens (including phenoxy) is 1. The minimum atomic E-state index is -3.59. The second-order valence-corrected chi connectivity index (χ2v) is 9.26. The first-order valence-corrected chi connectivity index (χ1v) is 10.2. The van der Waals surface area contributed by atoms with Crippen LogP contribution in [-0.2, 0) is 19.6 Å². The third-order valence-electron chi connectivity index (χ3n) is 4.57. The number of hydrogen-bond acceptors (Lipinski definition) is 5. The first kappa shape index (κ1) is 16.9. The van der Waals surface area contributed by atoms with Gasteiger partial charge in [0, 0.05) is 13.6 Å². The average molecular weight is 358 g/mol. The molecular weight excluding hydrogens is 336 g/mol. The normalized spacial score (nSPS) is 25.4. The van der Waals surface area contributed by atoms with Gasteiger partial charge in [-0.15, -0.1) is 11.3 Å². The van der Waals surface area contributed by atoms with E-state index in [1.54, 1.807) is 17.5 Å². The van der Waals surface area contributed by atoms with E-state index in [1.807, 2.05) is 4.90 Å². The lowest BCUT2D eigenvalue weighted by Crippen LogP contribution is -2.56. The zero-order chi connectivity index (χ0) is 16.4. The number of nitrogens with zero attached hydrogens (tertiary/aromatic N) is 2. The first-order valence-electron chi connectivity index (χ1n) is 7.91. The molecule has 0 bridgehead atoms. The van der Waals surface area contributed by atoms with Gasteiger partial charge < -0.3 is 9.64 Å². The third-order valence-corrected chi connectivity index (χ3v) is 7.75. The number of sulfonamides is 1. The Hall–Kier alpha value is -0.960. The Morgan fingerprint density at radius 1 is 1.43 bits per heavy atom. The second kappa shape index (κ2) is 6.88. The monoisotopic (exact) mass is 358 g/mol. The molecule has 2 unspecified atom stereocenters. The molecule has 1 saturated heterocycles. The SMILES string of the molecule is CN(CC(=O)N1CCOC2CCCCC21)S(=O)(=O)c1cccs1. The van der Waals surface area contributed by atoms with Gasteiger partial charge in [-0.3, -0.25) is 4.79 Å². The highest BCUT2D eigenvalue weighted by molar-refractivity contribution is 7.91. The minimum Gasteiger partial charge on any atom is -0.374 e. The lowest BCUT2D eigenvalue weighted by Gasteiger charge is -2.44. The van der Waals surface area contributed by atoms with E-state index in [0.717, 1.165) is 41.3 Å². The van der Waals surface area contributed by atoms with Crippen molar-refractivity contribution in [2.75, 3.05) is 26.7 Å². The van der Waals surface area contributed by atoms with Crippen molar-refractivity contribution in [2.24, 2.45) is 0 Å². The van der Waals surface area contributed by atoms with Crippen molar-refractivity contribution in [3.63, 3.8) is 0 Å². The number of likely N-dealkylation sites (N-methyl/N-ethyl adjacent to an activating group) is 1. The van der Waals surface area contributed by atoms with Crippen molar-refractivity contribution in [3.05, 3.63) is 17.5 Å². The Bertz CT molecular complexity index is 642. The molecule has 0 N–H and O–H groups in total. The molecule has 1 aliphatic carbocycles. The van der Waals surface area contributed by atoms with Gasteiger partial charge in [0.05, 0.1) is 25.3 Å². The molecule has 2 atom stereocenters. The summed E-state index contributed by atoms with van der Waals surface area (Å²) in [6.45, 7) is 0.963. The highest BCUT2D eigenvalue weighted by Crippen LogP contribution is 2.29. The fraction of sp³-hybridized carbons (Fsp3) is 0.667. The lowest BCUT2D eigenvalue weighted by atomic mass is 9.90. The predicted octanol–water partition coefficient (Wildman–Crippen LogP) is 1.54. The van der Waals surface area contributed by atoms with Gasteiger partial charge >= 0.3 is 0 Å². The van der Waals surface area contributed by atoms with Gasteiger partial charge in [-0.1, -0.05) is 18.9 Å². The van der Waals surface area contributed by atoms with Crippen molar-refractivity contribution in [3.8, 4) is 0 Å². The van der Waals surface area contributed by atoms with Crippen LogP contribution < -0.4 is 0 Å². The fourth-order valence-electron chi connectivity index (χ4n) is 3.34. The van der Waals surface area contributed by atoms with Crippen molar-refractivity contribution < 1.29 is 17.9 Å². The van der Waals surface area contributed by atoms with Crippen molar-refractivity contribution in [1.82, 2.24) is 9.21 Å². The Balaban J connectivity index is 1.68. The lowest BCUT2D eigenvalue weighted by molar-refractivity contribution is -0.149. The van der Waals surface area contributed by atoms with Gasteiger partial charge in [0.25, 0.3) is 10.0 Å². The number of carbonyl (C=O) groups is 1. The Labute approximate surface area is 141 Å². The molecule has 3 rings (SSSR count). The number of morpholine rings is 1. The largest absolute Gasteiger partial charge is 0.374 e. The Morgan fingerprint density at radius 2 is 2.22 bits per heavy atom. The fourth-order valence-corrected chi connectivity index (χ4v) is 5.66. The summed E-state index contributed by atoms with van der Waals surface area (Å²) in [6.07, 6.45) is 4.27. The molecule has 8 heteroatoms. The molecule has 1 aromatic heterocycles. The van der Waals surface area contributed by atoms with Crippen LogP contribution in [-0.4, -0.2) is 62.4 Å². The van der Waals surface area contributed by atoms with Crippen LogP contribution in [0.4, 0.5) is 0 Å². The molecule has 1 aliphatic heterocycles. The number of fused-ring (bicyclic) bond motifs is 1. The number of amides is 1. The van der Waals surface area contributed by atoms with E-state index in [0.29, 0.717) is 13.2 Å². The van der Waals surface area contributed by atoms with E-state index in [2.05, 4.69) is 0 Å². The molecule has 0 spiro atoms. The molecule has 6 nitrogen and oxygen atoms in total. The van der Waals surface area contributed by atoms with Crippen LogP contribution in [0.3, 0.4) is 0 Å². The molecule has 128 valence electrons. The van der Waals surface area contributed by atoms with Gasteiger partial charge in [-0.05, 0) is 24.3 Å². The molecule has 1 saturated carbocycles. The molecule has 1 aromatic rings. The maximum atomic E-state index is 12.6. The molecule has 0 radical (unpaired) electrons. The highest BCUT2D eigenvalue weighted by atomic mass is 32.2. The second-order valence-electron chi connectivity index (χ2n) is 6.04. The topological polar surface area (TPSA) is 66.9 Å². The summed E-state index contributed by atoms with van der Waals surface area (Å²) >= 11 is 1.16. The van der Waals surface area contributed by atoms with Crippen molar-refractivity contribution >= 4 is 27.3 Å². The van der Waals surface area contributed by atoms with Crippen LogP contribution >= 0.6 is 11.3 Å². The number of rotatable bonds is 4. The van der Waals surface area contributed by atoms with E-state index in [1.165, 1.54) is 7.05 Å². The molecule has 2 aliphatic rings.